The summed E-state index contributed by atoms with van der Waals surface area (Å²) >= 11 is 0. The van der Waals surface area contributed by atoms with Gasteiger partial charge in [-0.1, -0.05) is 25.3 Å². The minimum Gasteiger partial charge on any atom is -0.358 e. The van der Waals surface area contributed by atoms with E-state index in [1.807, 2.05) is 50.5 Å². The zero-order chi connectivity index (χ0) is 22.0. The summed E-state index contributed by atoms with van der Waals surface area (Å²) in [6.45, 7) is 12.1. The second-order valence-electron chi connectivity index (χ2n) is 8.08. The van der Waals surface area contributed by atoms with Gasteiger partial charge in [-0.05, 0) is 68.0 Å². The van der Waals surface area contributed by atoms with Gasteiger partial charge in [-0.15, -0.1) is 0 Å². The molecule has 2 heterocycles. The molecule has 4 rings (SSSR count). The first-order chi connectivity index (χ1) is 14.9. The number of nitrogens with zero attached hydrogens (tertiary/aromatic N) is 2. The lowest BCUT2D eigenvalue weighted by Crippen LogP contribution is -2.12. The van der Waals surface area contributed by atoms with Gasteiger partial charge < -0.3 is 10.6 Å². The normalized spacial score (nSPS) is 12.8. The molecule has 5 heteroatoms. The van der Waals surface area contributed by atoms with Crippen LogP contribution in [0.25, 0.3) is 11.1 Å². The van der Waals surface area contributed by atoms with Crippen molar-refractivity contribution in [1.82, 2.24) is 9.97 Å². The molecular formula is C26H27N5. The smallest absolute Gasteiger partial charge is 0.0843 e. The molecule has 5 nitrogen and oxygen atoms in total. The first-order valence-electron chi connectivity index (χ1n) is 10.4. The van der Waals surface area contributed by atoms with E-state index in [0.29, 0.717) is 17.3 Å². The van der Waals surface area contributed by atoms with Crippen molar-refractivity contribution in [2.45, 2.75) is 26.7 Å². The fourth-order valence-electron chi connectivity index (χ4n) is 3.40. The van der Waals surface area contributed by atoms with E-state index in [9.17, 15) is 0 Å². The number of benzene rings is 1. The van der Waals surface area contributed by atoms with Crippen molar-refractivity contribution in [2.24, 2.45) is 5.92 Å². The van der Waals surface area contributed by atoms with Crippen molar-refractivity contribution in [2.75, 3.05) is 10.6 Å². The van der Waals surface area contributed by atoms with E-state index in [1.54, 1.807) is 6.20 Å². The summed E-state index contributed by atoms with van der Waals surface area (Å²) in [5, 5.41) is 15.3. The molecule has 1 aliphatic carbocycles. The van der Waals surface area contributed by atoms with Crippen molar-refractivity contribution in [3.05, 3.63) is 96.4 Å². The fraction of sp³-hybridized carbons (Fsp3) is 0.192. The second kappa shape index (κ2) is 8.56. The number of pyridine rings is 2. The molecule has 0 aliphatic heterocycles. The Kier molecular flexibility index (Phi) is 5.67. The molecule has 0 radical (unpaired) electrons. The largest absolute Gasteiger partial charge is 0.358 e. The maximum Gasteiger partial charge on any atom is 0.0843 e. The van der Waals surface area contributed by atoms with E-state index in [4.69, 9.17) is 5.41 Å². The van der Waals surface area contributed by atoms with Crippen LogP contribution in [0.3, 0.4) is 0 Å². The van der Waals surface area contributed by atoms with Gasteiger partial charge >= 0.3 is 0 Å². The standard InChI is InChI=1S/C26H27N5/c1-16-5-7-21(22-11-24(14-28-13-22)30-18(3)20-8-9-20)12-25(16)26(27)19(4)31-23-10-6-17(2)29-15-23/h5-7,10-15,20,27,30-31H,3-4,8-9H2,1-2H3. The average molecular weight is 410 g/mol. The first kappa shape index (κ1) is 20.5. The lowest BCUT2D eigenvalue weighted by molar-refractivity contribution is 1.02. The predicted molar refractivity (Wildman–Crippen MR) is 128 cm³/mol. The Morgan fingerprint density at radius 2 is 1.74 bits per heavy atom. The number of anilines is 2. The Bertz CT molecular complexity index is 1160. The molecule has 1 aromatic carbocycles. The maximum atomic E-state index is 8.69. The molecule has 0 amide bonds. The lowest BCUT2D eigenvalue weighted by atomic mass is 9.96. The summed E-state index contributed by atoms with van der Waals surface area (Å²) in [6.07, 6.45) is 7.82. The van der Waals surface area contributed by atoms with Crippen molar-refractivity contribution in [1.29, 1.82) is 5.41 Å². The van der Waals surface area contributed by atoms with Gasteiger partial charge in [0, 0.05) is 28.7 Å². The van der Waals surface area contributed by atoms with E-state index < -0.39 is 0 Å². The van der Waals surface area contributed by atoms with Gasteiger partial charge in [0.25, 0.3) is 0 Å². The molecular weight excluding hydrogens is 382 g/mol. The first-order valence-corrected chi connectivity index (χ1v) is 10.4. The molecule has 31 heavy (non-hydrogen) atoms. The van der Waals surface area contributed by atoms with Crippen molar-refractivity contribution >= 4 is 17.1 Å². The highest BCUT2D eigenvalue weighted by atomic mass is 14.9. The highest BCUT2D eigenvalue weighted by Gasteiger charge is 2.24. The zero-order valence-corrected chi connectivity index (χ0v) is 18.0. The van der Waals surface area contributed by atoms with Gasteiger partial charge in [0.1, 0.15) is 0 Å². The molecule has 1 aliphatic rings. The van der Waals surface area contributed by atoms with Crippen LogP contribution in [0.15, 0.2) is 79.5 Å². The topological polar surface area (TPSA) is 73.7 Å². The summed E-state index contributed by atoms with van der Waals surface area (Å²) in [5.41, 5.74) is 8.47. The Labute approximate surface area is 183 Å². The Morgan fingerprint density at radius 1 is 0.935 bits per heavy atom. The molecule has 3 aromatic rings. The number of aryl methyl sites for hydroxylation is 2. The molecule has 2 aromatic heterocycles. The number of nitrogens with one attached hydrogen (secondary N) is 3. The molecule has 1 saturated carbocycles. The molecule has 156 valence electrons. The molecule has 1 fully saturated rings. The van der Waals surface area contributed by atoms with Crippen LogP contribution < -0.4 is 10.6 Å². The summed E-state index contributed by atoms with van der Waals surface area (Å²) in [4.78, 5) is 8.68. The summed E-state index contributed by atoms with van der Waals surface area (Å²) in [5.74, 6) is 0.581. The van der Waals surface area contributed by atoms with Crippen molar-refractivity contribution in [3.8, 4) is 11.1 Å². The number of allylic oxidation sites excluding steroid dienone is 2. The van der Waals surface area contributed by atoms with E-state index >= 15 is 0 Å². The van der Waals surface area contributed by atoms with Crippen molar-refractivity contribution < 1.29 is 0 Å². The Hall–Kier alpha value is -3.73. The van der Waals surface area contributed by atoms with Crippen LogP contribution >= 0.6 is 0 Å². The third kappa shape index (κ3) is 4.89. The molecule has 3 N–H and O–H groups in total. The maximum absolute atomic E-state index is 8.69. The number of aromatic nitrogens is 2. The van der Waals surface area contributed by atoms with Gasteiger partial charge in [0.05, 0.1) is 35.2 Å². The van der Waals surface area contributed by atoms with Crippen LogP contribution in [0.4, 0.5) is 11.4 Å². The summed E-state index contributed by atoms with van der Waals surface area (Å²) < 4.78 is 0. The van der Waals surface area contributed by atoms with Gasteiger partial charge in [-0.3, -0.25) is 15.4 Å². The monoisotopic (exact) mass is 409 g/mol. The van der Waals surface area contributed by atoms with E-state index in [2.05, 4.69) is 45.9 Å². The third-order valence-corrected chi connectivity index (χ3v) is 5.46. The lowest BCUT2D eigenvalue weighted by Gasteiger charge is -2.15. The summed E-state index contributed by atoms with van der Waals surface area (Å²) in [7, 11) is 0. The minimum absolute atomic E-state index is 0.351. The molecule has 0 spiro atoms. The van der Waals surface area contributed by atoms with Crippen LogP contribution in [0.1, 0.15) is 29.7 Å². The van der Waals surface area contributed by atoms with Crippen LogP contribution in [0.5, 0.6) is 0 Å². The highest BCUT2D eigenvalue weighted by molar-refractivity contribution is 6.13. The predicted octanol–water partition coefficient (Wildman–Crippen LogP) is 6.09. The van der Waals surface area contributed by atoms with Crippen LogP contribution in [-0.4, -0.2) is 15.7 Å². The highest BCUT2D eigenvalue weighted by Crippen LogP contribution is 2.36. The minimum atomic E-state index is 0.351. The van der Waals surface area contributed by atoms with E-state index in [-0.39, 0.29) is 0 Å². The summed E-state index contributed by atoms with van der Waals surface area (Å²) in [6, 6.07) is 12.0. The number of rotatable bonds is 8. The molecule has 0 unspecified atom stereocenters. The zero-order valence-electron chi connectivity index (χ0n) is 18.0. The fourth-order valence-corrected chi connectivity index (χ4v) is 3.40. The third-order valence-electron chi connectivity index (χ3n) is 5.46. The van der Waals surface area contributed by atoms with Gasteiger partial charge in [0.2, 0.25) is 0 Å². The second-order valence-corrected chi connectivity index (χ2v) is 8.08. The Balaban J connectivity index is 1.55. The molecule has 0 bridgehead atoms. The number of hydrogen-bond donors (Lipinski definition) is 3. The van der Waals surface area contributed by atoms with Crippen molar-refractivity contribution in [3.63, 3.8) is 0 Å². The van der Waals surface area contributed by atoms with Gasteiger partial charge in [-0.2, -0.15) is 0 Å². The van der Waals surface area contributed by atoms with Crippen LogP contribution in [0, 0.1) is 25.2 Å². The SMILES string of the molecule is C=C(Nc1ccc(C)nc1)C(=N)c1cc(-c2cncc(NC(=C)C3CC3)c2)ccc1C. The Morgan fingerprint density at radius 3 is 2.45 bits per heavy atom. The van der Waals surface area contributed by atoms with E-state index in [0.717, 1.165) is 45.0 Å². The average Bonchev–Trinajstić information content (AvgIpc) is 3.61. The van der Waals surface area contributed by atoms with Gasteiger partial charge in [0.15, 0.2) is 0 Å². The molecule has 0 saturated heterocycles. The number of hydrogen-bond acceptors (Lipinski definition) is 5. The van der Waals surface area contributed by atoms with Gasteiger partial charge in [-0.25, -0.2) is 0 Å². The molecule has 0 atom stereocenters. The van der Waals surface area contributed by atoms with Crippen LogP contribution in [0.2, 0.25) is 0 Å². The van der Waals surface area contributed by atoms with E-state index in [1.165, 1.54) is 12.8 Å². The quantitative estimate of drug-likeness (QED) is 0.394. The van der Waals surface area contributed by atoms with Crippen LogP contribution in [-0.2, 0) is 0 Å².